The normalized spacial score (nSPS) is 21.0. The molecule has 0 saturated carbocycles. The molecule has 2 aromatic carbocycles. The molecular formula is C21H21N3O4. The molecule has 0 radical (unpaired) electrons. The lowest BCUT2D eigenvalue weighted by molar-refractivity contribution is -0.128. The number of nitrogens with one attached hydrogen (secondary N) is 2. The zero-order valence-corrected chi connectivity index (χ0v) is 15.5. The van der Waals surface area contributed by atoms with Crippen LogP contribution in [-0.2, 0) is 20.9 Å². The van der Waals surface area contributed by atoms with Crippen molar-refractivity contribution >= 4 is 29.1 Å². The van der Waals surface area contributed by atoms with E-state index in [1.165, 1.54) is 0 Å². The van der Waals surface area contributed by atoms with Gasteiger partial charge in [-0.15, -0.1) is 0 Å². The Labute approximate surface area is 162 Å². The Bertz CT molecular complexity index is 929. The maximum atomic E-state index is 12.6. The fraction of sp³-hybridized carbons (Fsp3) is 0.286. The smallest absolute Gasteiger partial charge is 0.265 e. The van der Waals surface area contributed by atoms with Crippen molar-refractivity contribution in [3.05, 3.63) is 54.1 Å². The van der Waals surface area contributed by atoms with E-state index in [9.17, 15) is 14.4 Å². The van der Waals surface area contributed by atoms with Crippen LogP contribution < -0.4 is 15.4 Å². The Balaban J connectivity index is 1.40. The maximum Gasteiger partial charge on any atom is 0.265 e. The number of benzene rings is 2. The Morgan fingerprint density at radius 2 is 2.00 bits per heavy atom. The van der Waals surface area contributed by atoms with Crippen molar-refractivity contribution in [2.45, 2.75) is 26.0 Å². The van der Waals surface area contributed by atoms with Gasteiger partial charge in [0.15, 0.2) is 6.10 Å². The third kappa shape index (κ3) is 3.69. The summed E-state index contributed by atoms with van der Waals surface area (Å²) < 4.78 is 5.51. The largest absolute Gasteiger partial charge is 0.479 e. The number of likely N-dealkylation sites (tertiary alicyclic amines) is 1. The van der Waals surface area contributed by atoms with Crippen molar-refractivity contribution in [2.24, 2.45) is 5.92 Å². The highest BCUT2D eigenvalue weighted by atomic mass is 16.5. The summed E-state index contributed by atoms with van der Waals surface area (Å²) in [6.45, 7) is 2.57. The molecule has 144 valence electrons. The number of nitrogens with zero attached hydrogens (tertiary/aromatic N) is 1. The molecule has 2 aliphatic rings. The number of amides is 3. The van der Waals surface area contributed by atoms with E-state index in [1.54, 1.807) is 30.0 Å². The molecule has 2 atom stereocenters. The number of rotatable bonds is 4. The van der Waals surface area contributed by atoms with E-state index in [-0.39, 0.29) is 24.1 Å². The third-order valence-electron chi connectivity index (χ3n) is 4.98. The first-order chi connectivity index (χ1) is 13.5. The third-order valence-corrected chi connectivity index (χ3v) is 4.98. The second-order valence-corrected chi connectivity index (χ2v) is 7.11. The van der Waals surface area contributed by atoms with E-state index in [2.05, 4.69) is 10.6 Å². The molecule has 28 heavy (non-hydrogen) atoms. The van der Waals surface area contributed by atoms with Gasteiger partial charge >= 0.3 is 0 Å². The van der Waals surface area contributed by atoms with Gasteiger partial charge in [0.25, 0.3) is 5.91 Å². The zero-order chi connectivity index (χ0) is 19.7. The number of hydrogen-bond acceptors (Lipinski definition) is 4. The van der Waals surface area contributed by atoms with Crippen LogP contribution in [-0.4, -0.2) is 35.3 Å². The van der Waals surface area contributed by atoms with Crippen LogP contribution >= 0.6 is 0 Å². The van der Waals surface area contributed by atoms with Gasteiger partial charge in [-0.25, -0.2) is 0 Å². The zero-order valence-electron chi connectivity index (χ0n) is 15.5. The van der Waals surface area contributed by atoms with Crippen LogP contribution in [0.5, 0.6) is 5.75 Å². The molecule has 4 rings (SSSR count). The quantitative estimate of drug-likeness (QED) is 0.854. The van der Waals surface area contributed by atoms with Crippen LogP contribution in [0.15, 0.2) is 48.5 Å². The van der Waals surface area contributed by atoms with Crippen molar-refractivity contribution in [3.8, 4) is 5.75 Å². The summed E-state index contributed by atoms with van der Waals surface area (Å²) in [6.07, 6.45) is -0.353. The lowest BCUT2D eigenvalue weighted by Crippen LogP contribution is -2.34. The number of carbonyl (C=O) groups excluding carboxylic acids is 3. The second kappa shape index (κ2) is 7.34. The van der Waals surface area contributed by atoms with E-state index in [0.29, 0.717) is 30.2 Å². The number of anilines is 2. The number of hydrogen-bond donors (Lipinski definition) is 2. The monoisotopic (exact) mass is 379 g/mol. The molecule has 2 aliphatic heterocycles. The van der Waals surface area contributed by atoms with Gasteiger partial charge in [0, 0.05) is 25.2 Å². The van der Waals surface area contributed by atoms with Crippen molar-refractivity contribution < 1.29 is 19.1 Å². The van der Waals surface area contributed by atoms with Crippen LogP contribution in [0.4, 0.5) is 11.4 Å². The summed E-state index contributed by atoms with van der Waals surface area (Å²) in [4.78, 5) is 38.4. The predicted molar refractivity (Wildman–Crippen MR) is 104 cm³/mol. The minimum atomic E-state index is -0.548. The Kier molecular flexibility index (Phi) is 4.73. The highest BCUT2D eigenvalue weighted by Crippen LogP contribution is 2.32. The van der Waals surface area contributed by atoms with Crippen LogP contribution in [0.25, 0.3) is 0 Å². The molecule has 0 spiro atoms. The molecule has 2 unspecified atom stereocenters. The van der Waals surface area contributed by atoms with Crippen molar-refractivity contribution in [3.63, 3.8) is 0 Å². The second-order valence-electron chi connectivity index (χ2n) is 7.11. The van der Waals surface area contributed by atoms with E-state index in [0.717, 1.165) is 5.56 Å². The summed E-state index contributed by atoms with van der Waals surface area (Å²) in [5, 5.41) is 5.60. The Morgan fingerprint density at radius 3 is 2.79 bits per heavy atom. The molecule has 7 nitrogen and oxygen atoms in total. The molecular weight excluding hydrogens is 358 g/mol. The molecule has 2 N–H and O–H groups in total. The number of ether oxygens (including phenoxy) is 1. The van der Waals surface area contributed by atoms with Gasteiger partial charge in [-0.1, -0.05) is 30.3 Å². The first-order valence-electron chi connectivity index (χ1n) is 9.24. The summed E-state index contributed by atoms with van der Waals surface area (Å²) in [5.41, 5.74) is 2.11. The Morgan fingerprint density at radius 1 is 1.21 bits per heavy atom. The lowest BCUT2D eigenvalue weighted by atomic mass is 10.1. The van der Waals surface area contributed by atoms with Crippen LogP contribution in [0.3, 0.4) is 0 Å². The minimum Gasteiger partial charge on any atom is -0.479 e. The molecule has 1 saturated heterocycles. The molecule has 0 aliphatic carbocycles. The van der Waals surface area contributed by atoms with Gasteiger partial charge in [-0.2, -0.15) is 0 Å². The molecule has 0 bridgehead atoms. The van der Waals surface area contributed by atoms with Crippen LogP contribution in [0, 0.1) is 5.92 Å². The molecule has 2 aromatic rings. The van der Waals surface area contributed by atoms with E-state index >= 15 is 0 Å². The first kappa shape index (κ1) is 18.0. The fourth-order valence-corrected chi connectivity index (χ4v) is 3.44. The topological polar surface area (TPSA) is 87.7 Å². The summed E-state index contributed by atoms with van der Waals surface area (Å²) in [7, 11) is 0. The van der Waals surface area contributed by atoms with E-state index in [1.807, 2.05) is 30.3 Å². The van der Waals surface area contributed by atoms with Crippen molar-refractivity contribution in [1.82, 2.24) is 4.90 Å². The van der Waals surface area contributed by atoms with Crippen LogP contribution in [0.1, 0.15) is 18.9 Å². The average molecular weight is 379 g/mol. The fourth-order valence-electron chi connectivity index (χ4n) is 3.44. The predicted octanol–water partition coefficient (Wildman–Crippen LogP) is 2.39. The highest BCUT2D eigenvalue weighted by molar-refractivity contribution is 6.00. The first-order valence-corrected chi connectivity index (χ1v) is 9.24. The molecule has 0 aromatic heterocycles. The molecule has 1 fully saturated rings. The minimum absolute atomic E-state index is 0.0240. The Hall–Kier alpha value is -3.35. The van der Waals surface area contributed by atoms with Gasteiger partial charge in [-0.3, -0.25) is 14.4 Å². The van der Waals surface area contributed by atoms with E-state index < -0.39 is 12.0 Å². The standard InChI is InChI=1S/C21H21N3O4/c1-13-20(26)23-17-10-16(7-8-18(17)28-13)22-21(27)15-9-19(25)24(12-15)11-14-5-3-2-4-6-14/h2-8,10,13,15H,9,11-12H2,1H3,(H,22,27)(H,23,26). The van der Waals surface area contributed by atoms with Crippen molar-refractivity contribution in [1.29, 1.82) is 0 Å². The average Bonchev–Trinajstić information content (AvgIpc) is 3.04. The SMILES string of the molecule is CC1Oc2ccc(NC(=O)C3CC(=O)N(Cc4ccccc4)C3)cc2NC1=O. The van der Waals surface area contributed by atoms with Gasteiger partial charge in [-0.05, 0) is 30.7 Å². The lowest BCUT2D eigenvalue weighted by Gasteiger charge is -2.24. The molecule has 2 heterocycles. The highest BCUT2D eigenvalue weighted by Gasteiger charge is 2.34. The van der Waals surface area contributed by atoms with Gasteiger partial charge in [0.1, 0.15) is 5.75 Å². The summed E-state index contributed by atoms with van der Waals surface area (Å²) in [5.74, 6) is -0.299. The number of fused-ring (bicyclic) bond motifs is 1. The summed E-state index contributed by atoms with van der Waals surface area (Å²) in [6, 6.07) is 14.8. The maximum absolute atomic E-state index is 12.6. The summed E-state index contributed by atoms with van der Waals surface area (Å²) >= 11 is 0. The molecule has 7 heteroatoms. The molecule has 3 amide bonds. The number of carbonyl (C=O) groups is 3. The van der Waals surface area contributed by atoms with Crippen LogP contribution in [0.2, 0.25) is 0 Å². The van der Waals surface area contributed by atoms with E-state index in [4.69, 9.17) is 4.74 Å². The van der Waals surface area contributed by atoms with Crippen molar-refractivity contribution in [2.75, 3.05) is 17.2 Å². The van der Waals surface area contributed by atoms with Gasteiger partial charge in [0.05, 0.1) is 11.6 Å². The van der Waals surface area contributed by atoms with Gasteiger partial charge in [0.2, 0.25) is 11.8 Å². The van der Waals surface area contributed by atoms with Gasteiger partial charge < -0.3 is 20.3 Å².